The number of carbonyl (C=O) groups is 1. The Balaban J connectivity index is 1.63. The van der Waals surface area contributed by atoms with Gasteiger partial charge in [-0.3, -0.25) is 4.79 Å². The van der Waals surface area contributed by atoms with Crippen molar-refractivity contribution in [1.82, 2.24) is 0 Å². The van der Waals surface area contributed by atoms with Crippen LogP contribution < -0.4 is 9.64 Å². The van der Waals surface area contributed by atoms with Crippen LogP contribution in [0.15, 0.2) is 24.3 Å². The minimum Gasteiger partial charge on any atom is -0.406 e. The van der Waals surface area contributed by atoms with Crippen molar-refractivity contribution in [2.75, 3.05) is 24.7 Å². The molecule has 1 saturated carbocycles. The monoisotopic (exact) mass is 373 g/mol. The summed E-state index contributed by atoms with van der Waals surface area (Å²) in [6, 6.07) is 5.27. The van der Waals surface area contributed by atoms with Crippen molar-refractivity contribution < 1.29 is 32.5 Å². The van der Waals surface area contributed by atoms with E-state index in [4.69, 9.17) is 4.74 Å². The van der Waals surface area contributed by atoms with Crippen LogP contribution in [0, 0.1) is 11.8 Å². The Hall–Kier alpha value is -1.80. The first-order chi connectivity index (χ1) is 12.2. The number of nitrogens with zero attached hydrogens (tertiary/aromatic N) is 1. The zero-order valence-corrected chi connectivity index (χ0v) is 14.5. The number of rotatable bonds is 6. The minimum atomic E-state index is -4.74. The highest BCUT2D eigenvalue weighted by molar-refractivity contribution is 5.98. The Morgan fingerprint density at radius 2 is 1.96 bits per heavy atom. The van der Waals surface area contributed by atoms with Crippen LogP contribution >= 0.6 is 0 Å². The van der Waals surface area contributed by atoms with Gasteiger partial charge in [0.2, 0.25) is 5.91 Å². The van der Waals surface area contributed by atoms with Crippen LogP contribution in [0.25, 0.3) is 0 Å². The Morgan fingerprint density at radius 3 is 2.54 bits per heavy atom. The van der Waals surface area contributed by atoms with Gasteiger partial charge in [0.05, 0.1) is 12.2 Å². The Labute approximate surface area is 149 Å². The van der Waals surface area contributed by atoms with Gasteiger partial charge >= 0.3 is 6.36 Å². The molecule has 8 heteroatoms. The molecule has 2 fully saturated rings. The van der Waals surface area contributed by atoms with Crippen molar-refractivity contribution in [3.05, 3.63) is 24.3 Å². The zero-order chi connectivity index (χ0) is 18.9. The van der Waals surface area contributed by atoms with Crippen LogP contribution in [-0.4, -0.2) is 42.7 Å². The lowest BCUT2D eigenvalue weighted by Gasteiger charge is -2.26. The topological polar surface area (TPSA) is 59.0 Å². The predicted molar refractivity (Wildman–Crippen MR) is 87.8 cm³/mol. The fraction of sp³-hybridized carbons (Fsp3) is 0.611. The maximum atomic E-state index is 12.7. The summed E-state index contributed by atoms with van der Waals surface area (Å²) in [5.41, 5.74) is -0.443. The van der Waals surface area contributed by atoms with Gasteiger partial charge in [0, 0.05) is 24.8 Å². The smallest absolute Gasteiger partial charge is 0.406 e. The Morgan fingerprint density at radius 1 is 1.27 bits per heavy atom. The molecule has 1 aliphatic carbocycles. The van der Waals surface area contributed by atoms with Gasteiger partial charge in [-0.15, -0.1) is 13.2 Å². The van der Waals surface area contributed by atoms with Crippen LogP contribution in [0.1, 0.15) is 26.2 Å². The van der Waals surface area contributed by atoms with Crippen LogP contribution in [0.3, 0.4) is 0 Å². The number of amides is 1. The second-order valence-electron chi connectivity index (χ2n) is 7.04. The quantitative estimate of drug-likeness (QED) is 0.779. The number of anilines is 1. The standard InChI is InChI=1S/C18H22F3NO4/c1-2-7-25-11-17(24)8-12-10-22(16(23)15(12)9-17)13-3-5-14(6-4-13)26-18(19,20)21/h3-6,12,15,24H,2,7-11H2,1H3/t12-,15-,17-/m0/s1. The number of ether oxygens (including phenoxy) is 2. The van der Waals surface area contributed by atoms with Crippen molar-refractivity contribution in [2.24, 2.45) is 11.8 Å². The molecule has 1 aromatic carbocycles. The lowest BCUT2D eigenvalue weighted by molar-refractivity contribution is -0.274. The molecule has 0 bridgehead atoms. The van der Waals surface area contributed by atoms with Crippen LogP contribution in [-0.2, 0) is 9.53 Å². The van der Waals surface area contributed by atoms with E-state index >= 15 is 0 Å². The number of benzene rings is 1. The molecule has 1 aromatic rings. The van der Waals surface area contributed by atoms with E-state index in [0.29, 0.717) is 31.7 Å². The first-order valence-corrected chi connectivity index (χ1v) is 8.68. The van der Waals surface area contributed by atoms with Crippen molar-refractivity contribution in [1.29, 1.82) is 0 Å². The summed E-state index contributed by atoms with van der Waals surface area (Å²) in [5, 5.41) is 10.6. The number of hydrogen-bond donors (Lipinski definition) is 1. The molecule has 1 saturated heterocycles. The Kier molecular flexibility index (Phi) is 5.16. The van der Waals surface area contributed by atoms with Gasteiger partial charge in [0.1, 0.15) is 5.75 Å². The van der Waals surface area contributed by atoms with Crippen LogP contribution in [0.5, 0.6) is 5.75 Å². The highest BCUT2D eigenvalue weighted by Crippen LogP contribution is 2.46. The predicted octanol–water partition coefficient (Wildman–Crippen LogP) is 3.12. The maximum Gasteiger partial charge on any atom is 0.573 e. The fourth-order valence-electron chi connectivity index (χ4n) is 3.88. The normalized spacial score (nSPS) is 28.5. The molecule has 1 aliphatic heterocycles. The van der Waals surface area contributed by atoms with E-state index in [-0.39, 0.29) is 30.1 Å². The first kappa shape index (κ1) is 19.0. The molecule has 0 unspecified atom stereocenters. The van der Waals surface area contributed by atoms with Gasteiger partial charge in [0.15, 0.2) is 0 Å². The van der Waals surface area contributed by atoms with Gasteiger partial charge in [-0.1, -0.05) is 6.92 Å². The lowest BCUT2D eigenvalue weighted by atomic mass is 10.0. The number of hydrogen-bond acceptors (Lipinski definition) is 4. The molecular weight excluding hydrogens is 351 g/mol. The molecule has 3 rings (SSSR count). The number of aliphatic hydroxyl groups is 1. The summed E-state index contributed by atoms with van der Waals surface area (Å²) in [5.74, 6) is -0.693. The highest BCUT2D eigenvalue weighted by Gasteiger charge is 2.53. The van der Waals surface area contributed by atoms with Crippen molar-refractivity contribution in [3.63, 3.8) is 0 Å². The summed E-state index contributed by atoms with van der Waals surface area (Å²) < 4.78 is 46.0. The molecule has 1 amide bonds. The highest BCUT2D eigenvalue weighted by atomic mass is 19.4. The van der Waals surface area contributed by atoms with Crippen LogP contribution in [0.4, 0.5) is 18.9 Å². The molecule has 0 radical (unpaired) electrons. The fourth-order valence-corrected chi connectivity index (χ4v) is 3.88. The summed E-state index contributed by atoms with van der Waals surface area (Å²) in [4.78, 5) is 14.3. The molecule has 0 spiro atoms. The van der Waals surface area contributed by atoms with E-state index in [1.807, 2.05) is 6.92 Å². The molecule has 0 aromatic heterocycles. The summed E-state index contributed by atoms with van der Waals surface area (Å²) in [6.07, 6.45) is -3.04. The average molecular weight is 373 g/mol. The maximum absolute atomic E-state index is 12.7. The van der Waals surface area contributed by atoms with E-state index in [1.54, 1.807) is 4.90 Å². The van der Waals surface area contributed by atoms with E-state index < -0.39 is 12.0 Å². The van der Waals surface area contributed by atoms with Crippen molar-refractivity contribution in [2.45, 2.75) is 38.1 Å². The molecule has 3 atom stereocenters. The molecule has 1 N–H and O–H groups in total. The number of fused-ring (bicyclic) bond motifs is 1. The van der Waals surface area contributed by atoms with Gasteiger partial charge in [-0.25, -0.2) is 0 Å². The van der Waals surface area contributed by atoms with E-state index in [2.05, 4.69) is 4.74 Å². The lowest BCUT2D eigenvalue weighted by Crippen LogP contribution is -2.36. The molecule has 2 aliphatic rings. The SMILES string of the molecule is CCCOC[C@]1(O)C[C@H]2CN(c3ccc(OC(F)(F)F)cc3)C(=O)[C@H]2C1. The Bertz CT molecular complexity index is 649. The second-order valence-corrected chi connectivity index (χ2v) is 7.04. The summed E-state index contributed by atoms with van der Waals surface area (Å²) in [7, 11) is 0. The van der Waals surface area contributed by atoms with Gasteiger partial charge in [0.25, 0.3) is 0 Å². The van der Waals surface area contributed by atoms with E-state index in [0.717, 1.165) is 6.42 Å². The van der Waals surface area contributed by atoms with E-state index in [9.17, 15) is 23.1 Å². The third kappa shape index (κ3) is 4.12. The molecule has 26 heavy (non-hydrogen) atoms. The minimum absolute atomic E-state index is 0.0174. The average Bonchev–Trinajstić information content (AvgIpc) is 3.02. The largest absolute Gasteiger partial charge is 0.573 e. The van der Waals surface area contributed by atoms with Gasteiger partial charge < -0.3 is 19.5 Å². The second kappa shape index (κ2) is 7.08. The zero-order valence-electron chi connectivity index (χ0n) is 14.5. The number of alkyl halides is 3. The number of carbonyl (C=O) groups excluding carboxylic acids is 1. The van der Waals surface area contributed by atoms with Gasteiger partial charge in [-0.05, 0) is 49.4 Å². The molecule has 1 heterocycles. The molecule has 5 nitrogen and oxygen atoms in total. The summed E-state index contributed by atoms with van der Waals surface area (Å²) in [6.45, 7) is 3.23. The van der Waals surface area contributed by atoms with Crippen LogP contribution in [0.2, 0.25) is 0 Å². The van der Waals surface area contributed by atoms with Crippen molar-refractivity contribution in [3.8, 4) is 5.75 Å². The molecule has 144 valence electrons. The third-order valence-electron chi connectivity index (χ3n) is 4.91. The third-order valence-corrected chi connectivity index (χ3v) is 4.91. The molecular formula is C18H22F3NO4. The van der Waals surface area contributed by atoms with E-state index in [1.165, 1.54) is 24.3 Å². The van der Waals surface area contributed by atoms with Gasteiger partial charge in [-0.2, -0.15) is 0 Å². The summed E-state index contributed by atoms with van der Waals surface area (Å²) >= 11 is 0. The number of halogens is 3. The first-order valence-electron chi connectivity index (χ1n) is 8.68. The van der Waals surface area contributed by atoms with Crippen molar-refractivity contribution >= 4 is 11.6 Å².